The first-order valence-electron chi connectivity index (χ1n) is 6.53. The number of carbonyl (C=O) groups is 2. The molecule has 1 fully saturated rings. The Hall–Kier alpha value is -2.24. The molecule has 0 aliphatic heterocycles. The molecule has 6 nitrogen and oxygen atoms in total. The molecule has 20 heavy (non-hydrogen) atoms. The molecule has 3 atom stereocenters. The SMILES string of the molecule is CC1CC1NC(=O)N[C@H](Cc1ccc(O)cc1)C(=O)O. The fourth-order valence-electron chi connectivity index (χ4n) is 1.96. The number of hydrogen-bond acceptors (Lipinski definition) is 3. The number of urea groups is 1. The van der Waals surface area contributed by atoms with Crippen LogP contribution < -0.4 is 10.6 Å². The van der Waals surface area contributed by atoms with Gasteiger partial charge < -0.3 is 20.8 Å². The molecule has 108 valence electrons. The van der Waals surface area contributed by atoms with E-state index < -0.39 is 18.0 Å². The van der Waals surface area contributed by atoms with E-state index in [1.165, 1.54) is 12.1 Å². The Morgan fingerprint density at radius 3 is 2.45 bits per heavy atom. The summed E-state index contributed by atoms with van der Waals surface area (Å²) in [4.78, 5) is 22.9. The number of phenols is 1. The number of carboxylic acids is 1. The number of amides is 2. The number of aromatic hydroxyl groups is 1. The Morgan fingerprint density at radius 2 is 1.95 bits per heavy atom. The second-order valence-corrected chi connectivity index (χ2v) is 5.20. The fourth-order valence-corrected chi connectivity index (χ4v) is 1.96. The molecule has 2 rings (SSSR count). The highest BCUT2D eigenvalue weighted by molar-refractivity contribution is 5.83. The van der Waals surface area contributed by atoms with Crippen molar-refractivity contribution in [3.63, 3.8) is 0 Å². The van der Waals surface area contributed by atoms with E-state index in [0.717, 1.165) is 12.0 Å². The molecule has 0 bridgehead atoms. The molecular weight excluding hydrogens is 260 g/mol. The highest BCUT2D eigenvalue weighted by atomic mass is 16.4. The van der Waals surface area contributed by atoms with Gasteiger partial charge in [-0.15, -0.1) is 0 Å². The average Bonchev–Trinajstić information content (AvgIpc) is 3.06. The van der Waals surface area contributed by atoms with E-state index in [4.69, 9.17) is 5.11 Å². The van der Waals surface area contributed by atoms with Crippen molar-refractivity contribution in [3.05, 3.63) is 29.8 Å². The summed E-state index contributed by atoms with van der Waals surface area (Å²) in [6.07, 6.45) is 1.10. The van der Waals surface area contributed by atoms with E-state index in [2.05, 4.69) is 10.6 Å². The third kappa shape index (κ3) is 3.88. The summed E-state index contributed by atoms with van der Waals surface area (Å²) in [5.74, 6) is -0.507. The van der Waals surface area contributed by atoms with Gasteiger partial charge in [-0.2, -0.15) is 0 Å². The second-order valence-electron chi connectivity index (χ2n) is 5.20. The van der Waals surface area contributed by atoms with Gasteiger partial charge in [0.05, 0.1) is 0 Å². The predicted molar refractivity (Wildman–Crippen MR) is 72.5 cm³/mol. The average molecular weight is 278 g/mol. The van der Waals surface area contributed by atoms with Gasteiger partial charge in [-0.25, -0.2) is 9.59 Å². The van der Waals surface area contributed by atoms with Crippen molar-refractivity contribution < 1.29 is 19.8 Å². The summed E-state index contributed by atoms with van der Waals surface area (Å²) in [5, 5.41) is 23.5. The largest absolute Gasteiger partial charge is 0.508 e. The fraction of sp³-hybridized carbons (Fsp3) is 0.429. The third-order valence-electron chi connectivity index (χ3n) is 3.41. The molecule has 1 aromatic rings. The number of benzene rings is 1. The minimum Gasteiger partial charge on any atom is -0.508 e. The van der Waals surface area contributed by atoms with E-state index in [9.17, 15) is 14.7 Å². The number of nitrogens with one attached hydrogen (secondary N) is 2. The Morgan fingerprint density at radius 1 is 1.35 bits per heavy atom. The van der Waals surface area contributed by atoms with Crippen LogP contribution in [0.5, 0.6) is 5.75 Å². The minimum absolute atomic E-state index is 0.119. The molecule has 6 heteroatoms. The van der Waals surface area contributed by atoms with Gasteiger partial charge in [0.1, 0.15) is 11.8 Å². The number of phenolic OH excluding ortho intramolecular Hbond substituents is 1. The molecule has 4 N–H and O–H groups in total. The zero-order chi connectivity index (χ0) is 14.7. The van der Waals surface area contributed by atoms with Crippen LogP contribution in [0.3, 0.4) is 0 Å². The van der Waals surface area contributed by atoms with Crippen LogP contribution in [0, 0.1) is 5.92 Å². The number of hydrogen-bond donors (Lipinski definition) is 4. The maximum absolute atomic E-state index is 11.7. The summed E-state index contributed by atoms with van der Waals surface area (Å²) in [6.45, 7) is 2.02. The van der Waals surface area contributed by atoms with E-state index in [0.29, 0.717) is 5.92 Å². The van der Waals surface area contributed by atoms with Gasteiger partial charge in [0.15, 0.2) is 0 Å². The molecule has 0 spiro atoms. The summed E-state index contributed by atoms with van der Waals surface area (Å²) < 4.78 is 0. The molecule has 2 amide bonds. The van der Waals surface area contributed by atoms with Crippen LogP contribution in [0.4, 0.5) is 4.79 Å². The Kier molecular flexibility index (Phi) is 4.12. The van der Waals surface area contributed by atoms with Crippen LogP contribution in [0.25, 0.3) is 0 Å². The van der Waals surface area contributed by atoms with Crippen molar-refractivity contribution in [1.29, 1.82) is 0 Å². The molecular formula is C14H18N2O4. The lowest BCUT2D eigenvalue weighted by Crippen LogP contribution is -2.47. The minimum atomic E-state index is -1.09. The van der Waals surface area contributed by atoms with Crippen LogP contribution in [-0.4, -0.2) is 34.3 Å². The first-order chi connectivity index (χ1) is 9.45. The van der Waals surface area contributed by atoms with Crippen molar-refractivity contribution >= 4 is 12.0 Å². The van der Waals surface area contributed by atoms with E-state index >= 15 is 0 Å². The maximum atomic E-state index is 11.7. The molecule has 1 aromatic carbocycles. The Labute approximate surface area is 116 Å². The summed E-state index contributed by atoms with van der Waals surface area (Å²) in [6, 6.07) is 4.94. The first-order valence-corrected chi connectivity index (χ1v) is 6.53. The molecule has 0 radical (unpaired) electrons. The van der Waals surface area contributed by atoms with Gasteiger partial charge in [-0.3, -0.25) is 0 Å². The monoisotopic (exact) mass is 278 g/mol. The second kappa shape index (κ2) is 5.81. The zero-order valence-electron chi connectivity index (χ0n) is 11.2. The van der Waals surface area contributed by atoms with Gasteiger partial charge in [0.25, 0.3) is 0 Å². The van der Waals surface area contributed by atoms with Crippen molar-refractivity contribution in [2.75, 3.05) is 0 Å². The third-order valence-corrected chi connectivity index (χ3v) is 3.41. The van der Waals surface area contributed by atoms with Crippen LogP contribution in [0.15, 0.2) is 24.3 Å². The topological polar surface area (TPSA) is 98.7 Å². The Bertz CT molecular complexity index is 500. The van der Waals surface area contributed by atoms with Crippen LogP contribution in [-0.2, 0) is 11.2 Å². The van der Waals surface area contributed by atoms with Gasteiger partial charge >= 0.3 is 12.0 Å². The highest BCUT2D eigenvalue weighted by Gasteiger charge is 2.34. The van der Waals surface area contributed by atoms with Crippen molar-refractivity contribution in [2.45, 2.75) is 31.8 Å². The lowest BCUT2D eigenvalue weighted by Gasteiger charge is -2.15. The smallest absolute Gasteiger partial charge is 0.326 e. The number of rotatable bonds is 5. The van der Waals surface area contributed by atoms with Gasteiger partial charge in [0.2, 0.25) is 0 Å². The molecule has 0 aromatic heterocycles. The van der Waals surface area contributed by atoms with Crippen molar-refractivity contribution in [3.8, 4) is 5.75 Å². The molecule has 1 aliphatic rings. The quantitative estimate of drug-likeness (QED) is 0.648. The van der Waals surface area contributed by atoms with Crippen LogP contribution in [0.2, 0.25) is 0 Å². The number of aliphatic carboxylic acids is 1. The normalized spacial score (nSPS) is 21.9. The summed E-state index contributed by atoms with van der Waals surface area (Å²) in [5.41, 5.74) is 0.732. The Balaban J connectivity index is 1.91. The van der Waals surface area contributed by atoms with E-state index in [-0.39, 0.29) is 18.2 Å². The summed E-state index contributed by atoms with van der Waals surface area (Å²) >= 11 is 0. The predicted octanol–water partition coefficient (Wildman–Crippen LogP) is 1.10. The molecule has 1 aliphatic carbocycles. The maximum Gasteiger partial charge on any atom is 0.326 e. The molecule has 2 unspecified atom stereocenters. The first kappa shape index (κ1) is 14.2. The number of carboxylic acid groups (broad SMARTS) is 1. The highest BCUT2D eigenvalue weighted by Crippen LogP contribution is 2.28. The molecule has 0 heterocycles. The van der Waals surface area contributed by atoms with Gasteiger partial charge in [-0.1, -0.05) is 19.1 Å². The molecule has 1 saturated carbocycles. The van der Waals surface area contributed by atoms with Crippen LogP contribution >= 0.6 is 0 Å². The van der Waals surface area contributed by atoms with Crippen LogP contribution in [0.1, 0.15) is 18.9 Å². The standard InChI is InChI=1S/C14H18N2O4/c1-8-6-11(8)15-14(20)16-12(13(18)19)7-9-2-4-10(17)5-3-9/h2-5,8,11-12,17H,6-7H2,1H3,(H,18,19)(H2,15,16,20)/t8?,11?,12-/m1/s1. The lowest BCUT2D eigenvalue weighted by atomic mass is 10.1. The zero-order valence-corrected chi connectivity index (χ0v) is 11.2. The van der Waals surface area contributed by atoms with Crippen molar-refractivity contribution in [2.24, 2.45) is 5.92 Å². The summed E-state index contributed by atoms with van der Waals surface area (Å²) in [7, 11) is 0. The van der Waals surface area contributed by atoms with Gasteiger partial charge in [-0.05, 0) is 30.0 Å². The number of carbonyl (C=O) groups excluding carboxylic acids is 1. The van der Waals surface area contributed by atoms with E-state index in [1.54, 1.807) is 12.1 Å². The molecule has 0 saturated heterocycles. The van der Waals surface area contributed by atoms with E-state index in [1.807, 2.05) is 6.92 Å². The lowest BCUT2D eigenvalue weighted by molar-refractivity contribution is -0.139. The van der Waals surface area contributed by atoms with Crippen molar-refractivity contribution in [1.82, 2.24) is 10.6 Å². The van der Waals surface area contributed by atoms with Gasteiger partial charge in [0, 0.05) is 12.5 Å².